The van der Waals surface area contributed by atoms with Gasteiger partial charge in [0.05, 0.1) is 0 Å². The maximum atomic E-state index is 11.6. The van der Waals surface area contributed by atoms with Gasteiger partial charge in [-0.05, 0) is 26.7 Å². The molecule has 0 aliphatic heterocycles. The Labute approximate surface area is 97.6 Å². The lowest BCUT2D eigenvalue weighted by molar-refractivity contribution is -0.137. The third kappa shape index (κ3) is 7.26. The summed E-state index contributed by atoms with van der Waals surface area (Å²) in [4.78, 5) is 23.7. The Hall–Kier alpha value is -1.06. The van der Waals surface area contributed by atoms with Gasteiger partial charge in [-0.3, -0.25) is 9.59 Å². The molecule has 4 heteroatoms. The number of hydrogen-bond donors (Lipinski definition) is 1. The molecule has 0 unspecified atom stereocenters. The first-order valence-electron chi connectivity index (χ1n) is 6.11. The number of carboxylic acids is 1. The molecule has 0 aromatic carbocycles. The van der Waals surface area contributed by atoms with E-state index >= 15 is 0 Å². The van der Waals surface area contributed by atoms with E-state index in [0.29, 0.717) is 6.42 Å². The number of carbonyl (C=O) groups excluding carboxylic acids is 1. The highest BCUT2D eigenvalue weighted by Gasteiger charge is 2.08. The van der Waals surface area contributed by atoms with E-state index in [-0.39, 0.29) is 12.3 Å². The second-order valence-electron chi connectivity index (χ2n) is 3.87. The lowest BCUT2D eigenvalue weighted by Crippen LogP contribution is -2.30. The molecular weight excluding hydrogens is 206 g/mol. The fourth-order valence-corrected chi connectivity index (χ4v) is 1.64. The number of carboxylic acid groups (broad SMARTS) is 1. The predicted molar refractivity (Wildman–Crippen MR) is 63.3 cm³/mol. The number of carbonyl (C=O) groups is 2. The van der Waals surface area contributed by atoms with Gasteiger partial charge in [-0.2, -0.15) is 0 Å². The molecule has 0 spiro atoms. The minimum absolute atomic E-state index is 0.211. The zero-order valence-corrected chi connectivity index (χ0v) is 10.4. The van der Waals surface area contributed by atoms with Gasteiger partial charge in [-0.15, -0.1) is 0 Å². The summed E-state index contributed by atoms with van der Waals surface area (Å²) in [6.45, 7) is 5.51. The van der Waals surface area contributed by atoms with Crippen LogP contribution in [0.25, 0.3) is 0 Å². The van der Waals surface area contributed by atoms with Gasteiger partial charge in [0.2, 0.25) is 5.91 Å². The Morgan fingerprint density at radius 3 is 1.88 bits per heavy atom. The van der Waals surface area contributed by atoms with Crippen molar-refractivity contribution in [1.82, 2.24) is 4.90 Å². The molecule has 0 atom stereocenters. The topological polar surface area (TPSA) is 57.6 Å². The van der Waals surface area contributed by atoms with Crippen LogP contribution in [0, 0.1) is 0 Å². The van der Waals surface area contributed by atoms with Gasteiger partial charge >= 0.3 is 5.97 Å². The minimum Gasteiger partial charge on any atom is -0.481 e. The average molecular weight is 229 g/mol. The van der Waals surface area contributed by atoms with Crippen molar-refractivity contribution in [1.29, 1.82) is 0 Å². The molecule has 4 nitrogen and oxygen atoms in total. The molecule has 1 N–H and O–H groups in total. The van der Waals surface area contributed by atoms with Crippen molar-refractivity contribution >= 4 is 11.9 Å². The molecule has 0 aromatic heterocycles. The standard InChI is InChI=1S/C12H23NO3/c1-3-13(4-2)11(14)9-7-5-6-8-10-12(15)16/h3-10H2,1-2H3,(H,15,16). The van der Waals surface area contributed by atoms with Crippen LogP contribution in [0.3, 0.4) is 0 Å². The number of aliphatic carboxylic acids is 1. The number of nitrogens with zero attached hydrogens (tertiary/aromatic N) is 1. The van der Waals surface area contributed by atoms with Gasteiger partial charge in [0.1, 0.15) is 0 Å². The van der Waals surface area contributed by atoms with Crippen molar-refractivity contribution in [3.8, 4) is 0 Å². The zero-order chi connectivity index (χ0) is 12.4. The van der Waals surface area contributed by atoms with Gasteiger partial charge in [0.25, 0.3) is 0 Å². The van der Waals surface area contributed by atoms with E-state index in [9.17, 15) is 9.59 Å². The summed E-state index contributed by atoms with van der Waals surface area (Å²) in [7, 11) is 0. The summed E-state index contributed by atoms with van der Waals surface area (Å²) in [5.41, 5.74) is 0. The van der Waals surface area contributed by atoms with Crippen molar-refractivity contribution in [2.45, 2.75) is 52.4 Å². The Bertz CT molecular complexity index is 212. The fraction of sp³-hybridized carbons (Fsp3) is 0.833. The number of amides is 1. The lowest BCUT2D eigenvalue weighted by atomic mass is 10.1. The van der Waals surface area contributed by atoms with E-state index in [1.165, 1.54) is 0 Å². The third-order valence-electron chi connectivity index (χ3n) is 2.65. The van der Waals surface area contributed by atoms with Gasteiger partial charge in [0.15, 0.2) is 0 Å². The highest BCUT2D eigenvalue weighted by Crippen LogP contribution is 2.07. The maximum absolute atomic E-state index is 11.6. The molecule has 1 amide bonds. The van der Waals surface area contributed by atoms with Crippen molar-refractivity contribution in [2.24, 2.45) is 0 Å². The van der Waals surface area contributed by atoms with Crippen molar-refractivity contribution in [3.63, 3.8) is 0 Å². The molecule has 0 aromatic rings. The van der Waals surface area contributed by atoms with Crippen LogP contribution in [-0.4, -0.2) is 35.0 Å². The van der Waals surface area contributed by atoms with Crippen molar-refractivity contribution in [2.75, 3.05) is 13.1 Å². The molecule has 0 rings (SSSR count). The number of hydrogen-bond acceptors (Lipinski definition) is 2. The van der Waals surface area contributed by atoms with E-state index in [4.69, 9.17) is 5.11 Å². The van der Waals surface area contributed by atoms with Crippen molar-refractivity contribution < 1.29 is 14.7 Å². The largest absolute Gasteiger partial charge is 0.481 e. The molecule has 0 aliphatic rings. The monoisotopic (exact) mass is 229 g/mol. The first-order valence-corrected chi connectivity index (χ1v) is 6.11. The summed E-state index contributed by atoms with van der Waals surface area (Å²) < 4.78 is 0. The Kier molecular flexibility index (Phi) is 8.58. The molecule has 0 heterocycles. The minimum atomic E-state index is -0.737. The summed E-state index contributed by atoms with van der Waals surface area (Å²) in [6.07, 6.45) is 4.26. The second kappa shape index (κ2) is 9.19. The summed E-state index contributed by atoms with van der Waals surface area (Å²) in [5, 5.41) is 8.43. The molecule has 0 bridgehead atoms. The summed E-state index contributed by atoms with van der Waals surface area (Å²) >= 11 is 0. The fourth-order valence-electron chi connectivity index (χ4n) is 1.64. The molecule has 0 saturated carbocycles. The van der Waals surface area contributed by atoms with E-state index in [1.807, 2.05) is 18.7 Å². The Morgan fingerprint density at radius 1 is 0.938 bits per heavy atom. The molecule has 94 valence electrons. The highest BCUT2D eigenvalue weighted by molar-refractivity contribution is 5.76. The quantitative estimate of drug-likeness (QED) is 0.617. The molecule has 16 heavy (non-hydrogen) atoms. The summed E-state index contributed by atoms with van der Waals surface area (Å²) in [6, 6.07) is 0. The first kappa shape index (κ1) is 14.9. The zero-order valence-electron chi connectivity index (χ0n) is 10.4. The van der Waals surface area contributed by atoms with E-state index < -0.39 is 5.97 Å². The van der Waals surface area contributed by atoms with Gasteiger partial charge < -0.3 is 10.0 Å². The van der Waals surface area contributed by atoms with E-state index in [2.05, 4.69) is 0 Å². The van der Waals surface area contributed by atoms with Crippen LogP contribution in [0.1, 0.15) is 52.4 Å². The maximum Gasteiger partial charge on any atom is 0.303 e. The third-order valence-corrected chi connectivity index (χ3v) is 2.65. The predicted octanol–water partition coefficient (Wildman–Crippen LogP) is 2.28. The molecule has 0 radical (unpaired) electrons. The summed E-state index contributed by atoms with van der Waals surface area (Å²) in [5.74, 6) is -0.526. The van der Waals surface area contributed by atoms with Crippen molar-refractivity contribution in [3.05, 3.63) is 0 Å². The smallest absolute Gasteiger partial charge is 0.303 e. The van der Waals surface area contributed by atoms with Gasteiger partial charge in [-0.25, -0.2) is 0 Å². The van der Waals surface area contributed by atoms with Gasteiger partial charge in [0, 0.05) is 25.9 Å². The van der Waals surface area contributed by atoms with Crippen LogP contribution in [0.2, 0.25) is 0 Å². The lowest BCUT2D eigenvalue weighted by Gasteiger charge is -2.18. The number of unbranched alkanes of at least 4 members (excludes halogenated alkanes) is 3. The SMILES string of the molecule is CCN(CC)C(=O)CCCCCCC(=O)O. The second-order valence-corrected chi connectivity index (χ2v) is 3.87. The van der Waals surface area contributed by atoms with Crippen LogP contribution in [-0.2, 0) is 9.59 Å². The van der Waals surface area contributed by atoms with Gasteiger partial charge in [-0.1, -0.05) is 12.8 Å². The molecule has 0 saturated heterocycles. The average Bonchev–Trinajstić information content (AvgIpc) is 2.24. The van der Waals surface area contributed by atoms with Crippen LogP contribution in [0.15, 0.2) is 0 Å². The Morgan fingerprint density at radius 2 is 1.44 bits per heavy atom. The first-order chi connectivity index (χ1) is 7.61. The van der Waals surface area contributed by atoms with Crippen LogP contribution in [0.5, 0.6) is 0 Å². The van der Waals surface area contributed by atoms with Crippen LogP contribution < -0.4 is 0 Å². The molecule has 0 fully saturated rings. The highest BCUT2D eigenvalue weighted by atomic mass is 16.4. The van der Waals surface area contributed by atoms with Crippen LogP contribution in [0.4, 0.5) is 0 Å². The molecule has 0 aliphatic carbocycles. The van der Waals surface area contributed by atoms with Crippen LogP contribution >= 0.6 is 0 Å². The normalized spacial score (nSPS) is 10.1. The number of rotatable bonds is 9. The molecular formula is C12H23NO3. The Balaban J connectivity index is 3.44. The van der Waals surface area contributed by atoms with E-state index in [0.717, 1.165) is 38.8 Å². The van der Waals surface area contributed by atoms with E-state index in [1.54, 1.807) is 0 Å².